The highest BCUT2D eigenvalue weighted by Gasteiger charge is 2.32. The Hall–Kier alpha value is -3.49. The monoisotopic (exact) mass is 460 g/mol. The maximum atomic E-state index is 13.0. The molecule has 0 saturated heterocycles. The minimum atomic E-state index is -3.02. The van der Waals surface area contributed by atoms with Crippen LogP contribution in [0.5, 0.6) is 0 Å². The number of halogens is 2. The van der Waals surface area contributed by atoms with E-state index in [-0.39, 0.29) is 18.9 Å². The van der Waals surface area contributed by atoms with Crippen molar-refractivity contribution < 1.29 is 33.0 Å². The second-order valence-corrected chi connectivity index (χ2v) is 8.62. The summed E-state index contributed by atoms with van der Waals surface area (Å²) in [5.74, 6) is -2.38. The molecule has 1 atom stereocenters. The molecule has 0 aliphatic heterocycles. The summed E-state index contributed by atoms with van der Waals surface area (Å²) < 4.78 is 31.4. The largest absolute Gasteiger partial charge is 0.481 e. The Labute approximate surface area is 190 Å². The number of alkyl carbamates (subject to hydrolysis) is 1. The number of carbonyl (C=O) groups excluding carboxylic acids is 2. The average molecular weight is 460 g/mol. The lowest BCUT2D eigenvalue weighted by atomic mass is 9.98. The summed E-state index contributed by atoms with van der Waals surface area (Å²) in [6.45, 7) is 3.18. The minimum Gasteiger partial charge on any atom is -0.481 e. The third-order valence-electron chi connectivity index (χ3n) is 5.43. The fourth-order valence-corrected chi connectivity index (χ4v) is 4.01. The normalized spacial score (nSPS) is 13.7. The van der Waals surface area contributed by atoms with Crippen molar-refractivity contribution in [2.24, 2.45) is 0 Å². The van der Waals surface area contributed by atoms with Gasteiger partial charge in [0, 0.05) is 17.9 Å². The second kappa shape index (κ2) is 9.97. The first-order chi connectivity index (χ1) is 15.6. The van der Waals surface area contributed by atoms with Crippen LogP contribution in [0.15, 0.2) is 48.5 Å². The van der Waals surface area contributed by atoms with Gasteiger partial charge < -0.3 is 20.5 Å². The summed E-state index contributed by atoms with van der Waals surface area (Å²) in [7, 11) is 0. The summed E-state index contributed by atoms with van der Waals surface area (Å²) in [5.41, 5.74) is 3.19. The Morgan fingerprint density at radius 3 is 2.09 bits per heavy atom. The maximum absolute atomic E-state index is 13.0. The maximum Gasteiger partial charge on any atom is 0.407 e. The molecule has 7 nitrogen and oxygen atoms in total. The van der Waals surface area contributed by atoms with Gasteiger partial charge >= 0.3 is 12.1 Å². The molecule has 3 N–H and O–H groups in total. The van der Waals surface area contributed by atoms with E-state index in [9.17, 15) is 23.2 Å². The van der Waals surface area contributed by atoms with Gasteiger partial charge in [0.25, 0.3) is 6.43 Å². The molecule has 2 amide bonds. The quantitative estimate of drug-likeness (QED) is 0.526. The van der Waals surface area contributed by atoms with Crippen molar-refractivity contribution in [2.75, 3.05) is 6.61 Å². The smallest absolute Gasteiger partial charge is 0.407 e. The molecule has 1 aliphatic rings. The fraction of sp³-hybridized carbons (Fsp3) is 0.375. The molecule has 0 heterocycles. The van der Waals surface area contributed by atoms with E-state index >= 15 is 0 Å². The molecule has 0 bridgehead atoms. The van der Waals surface area contributed by atoms with E-state index in [2.05, 4.69) is 5.32 Å². The first kappa shape index (κ1) is 24.2. The number of rotatable bonds is 9. The standard InChI is InChI=1S/C24H26F2N2O5/c1-24(2,12-20(29)27-19(22(25)26)11-21(30)31)28-23(32)33-13-18-16-9-5-3-7-14(16)15-8-4-6-10-17(15)18/h3-10,18-19,22H,11-13H2,1-2H3,(H,27,29)(H,28,32)(H,30,31). The molecule has 2 aromatic rings. The summed E-state index contributed by atoms with van der Waals surface area (Å²) in [4.78, 5) is 35.3. The van der Waals surface area contributed by atoms with E-state index in [0.717, 1.165) is 22.3 Å². The van der Waals surface area contributed by atoms with Crippen LogP contribution < -0.4 is 10.6 Å². The lowest BCUT2D eigenvalue weighted by Crippen LogP contribution is -2.49. The molecule has 0 spiro atoms. The number of nitrogens with one attached hydrogen (secondary N) is 2. The van der Waals surface area contributed by atoms with Gasteiger partial charge in [0.1, 0.15) is 12.6 Å². The molecule has 33 heavy (non-hydrogen) atoms. The van der Waals surface area contributed by atoms with Crippen LogP contribution in [0.25, 0.3) is 11.1 Å². The molecule has 0 radical (unpaired) electrons. The molecule has 2 aromatic carbocycles. The van der Waals surface area contributed by atoms with Crippen LogP contribution in [0, 0.1) is 0 Å². The van der Waals surface area contributed by atoms with E-state index in [1.807, 2.05) is 53.8 Å². The summed E-state index contributed by atoms with van der Waals surface area (Å²) in [6.07, 6.45) is -5.00. The first-order valence-corrected chi connectivity index (χ1v) is 10.5. The Kier molecular flexibility index (Phi) is 7.30. The van der Waals surface area contributed by atoms with Gasteiger partial charge in [0.15, 0.2) is 0 Å². The number of amides is 2. The molecule has 3 rings (SSSR count). The van der Waals surface area contributed by atoms with Crippen molar-refractivity contribution in [3.05, 3.63) is 59.7 Å². The molecular formula is C24H26F2N2O5. The van der Waals surface area contributed by atoms with Crippen LogP contribution in [-0.2, 0) is 14.3 Å². The summed E-state index contributed by atoms with van der Waals surface area (Å²) >= 11 is 0. The van der Waals surface area contributed by atoms with Gasteiger partial charge in [0.2, 0.25) is 5.91 Å². The number of carboxylic acids is 1. The van der Waals surface area contributed by atoms with Crippen molar-refractivity contribution in [3.8, 4) is 11.1 Å². The number of fused-ring (bicyclic) bond motifs is 3. The molecule has 1 unspecified atom stereocenters. The lowest BCUT2D eigenvalue weighted by Gasteiger charge is -2.27. The highest BCUT2D eigenvalue weighted by molar-refractivity contribution is 5.80. The van der Waals surface area contributed by atoms with E-state index in [1.165, 1.54) is 0 Å². The minimum absolute atomic E-state index is 0.0915. The Bertz CT molecular complexity index is 996. The number of hydrogen-bond donors (Lipinski definition) is 3. The Morgan fingerprint density at radius 1 is 1.03 bits per heavy atom. The topological polar surface area (TPSA) is 105 Å². The molecule has 0 aromatic heterocycles. The van der Waals surface area contributed by atoms with E-state index in [0.29, 0.717) is 0 Å². The highest BCUT2D eigenvalue weighted by Crippen LogP contribution is 2.44. The fourth-order valence-electron chi connectivity index (χ4n) is 4.01. The van der Waals surface area contributed by atoms with Gasteiger partial charge in [0.05, 0.1) is 6.42 Å². The van der Waals surface area contributed by atoms with Crippen LogP contribution in [0.2, 0.25) is 0 Å². The number of benzene rings is 2. The highest BCUT2D eigenvalue weighted by atomic mass is 19.3. The predicted molar refractivity (Wildman–Crippen MR) is 117 cm³/mol. The number of hydrogen-bond acceptors (Lipinski definition) is 4. The molecule has 0 fully saturated rings. The zero-order valence-electron chi connectivity index (χ0n) is 18.3. The third-order valence-corrected chi connectivity index (χ3v) is 5.43. The van der Waals surface area contributed by atoms with Crippen LogP contribution in [-0.4, -0.2) is 47.7 Å². The molecule has 0 saturated carbocycles. The number of ether oxygens (including phenoxy) is 1. The second-order valence-electron chi connectivity index (χ2n) is 8.62. The van der Waals surface area contributed by atoms with Gasteiger partial charge in [-0.05, 0) is 36.1 Å². The average Bonchev–Trinajstić information content (AvgIpc) is 3.04. The zero-order chi connectivity index (χ0) is 24.2. The van der Waals surface area contributed by atoms with Crippen molar-refractivity contribution >= 4 is 18.0 Å². The Morgan fingerprint density at radius 2 is 1.58 bits per heavy atom. The van der Waals surface area contributed by atoms with Crippen molar-refractivity contribution in [3.63, 3.8) is 0 Å². The van der Waals surface area contributed by atoms with Gasteiger partial charge in [-0.25, -0.2) is 13.6 Å². The van der Waals surface area contributed by atoms with E-state index in [1.54, 1.807) is 13.8 Å². The zero-order valence-corrected chi connectivity index (χ0v) is 18.3. The van der Waals surface area contributed by atoms with Crippen molar-refractivity contribution in [2.45, 2.75) is 50.6 Å². The molecule has 1 aliphatic carbocycles. The van der Waals surface area contributed by atoms with Crippen molar-refractivity contribution in [1.29, 1.82) is 0 Å². The van der Waals surface area contributed by atoms with Gasteiger partial charge in [-0.3, -0.25) is 9.59 Å². The van der Waals surface area contributed by atoms with Crippen LogP contribution in [0.1, 0.15) is 43.7 Å². The predicted octanol–water partition coefficient (Wildman–Crippen LogP) is 3.92. The first-order valence-electron chi connectivity index (χ1n) is 10.5. The van der Waals surface area contributed by atoms with Gasteiger partial charge in [-0.15, -0.1) is 0 Å². The van der Waals surface area contributed by atoms with E-state index < -0.39 is 42.4 Å². The number of carbonyl (C=O) groups is 3. The summed E-state index contributed by atoms with van der Waals surface area (Å²) in [6, 6.07) is 14.0. The lowest BCUT2D eigenvalue weighted by molar-refractivity contribution is -0.139. The third kappa shape index (κ3) is 6.06. The SMILES string of the molecule is CC(C)(CC(=O)NC(CC(=O)O)C(F)F)NC(=O)OCC1c2ccccc2-c2ccccc21. The van der Waals surface area contributed by atoms with Crippen LogP contribution >= 0.6 is 0 Å². The number of alkyl halides is 2. The van der Waals surface area contributed by atoms with Crippen LogP contribution in [0.3, 0.4) is 0 Å². The Balaban J connectivity index is 1.57. The molecule has 9 heteroatoms. The number of aliphatic carboxylic acids is 1. The van der Waals surface area contributed by atoms with Gasteiger partial charge in [-0.2, -0.15) is 0 Å². The van der Waals surface area contributed by atoms with Crippen LogP contribution in [0.4, 0.5) is 13.6 Å². The van der Waals surface area contributed by atoms with Crippen molar-refractivity contribution in [1.82, 2.24) is 10.6 Å². The molecular weight excluding hydrogens is 434 g/mol. The summed E-state index contributed by atoms with van der Waals surface area (Å²) in [5, 5.41) is 13.3. The molecule has 176 valence electrons. The number of carboxylic acid groups (broad SMARTS) is 1. The van der Waals surface area contributed by atoms with Gasteiger partial charge in [-0.1, -0.05) is 48.5 Å². The van der Waals surface area contributed by atoms with E-state index in [4.69, 9.17) is 9.84 Å².